The average Bonchev–Trinajstić information content (AvgIpc) is 2.48. The number of aromatic nitrogens is 2. The second-order valence-corrected chi connectivity index (χ2v) is 4.27. The summed E-state index contributed by atoms with van der Waals surface area (Å²) >= 11 is 5.70. The molecule has 102 valence electrons. The summed E-state index contributed by atoms with van der Waals surface area (Å²) in [4.78, 5) is 31.1. The van der Waals surface area contributed by atoms with Gasteiger partial charge in [-0.1, -0.05) is 11.6 Å². The first-order valence-corrected chi connectivity index (χ1v) is 6.00. The normalized spacial score (nSPS) is 11.7. The Bertz CT molecular complexity index is 617. The van der Waals surface area contributed by atoms with E-state index in [0.717, 1.165) is 0 Å². The lowest BCUT2D eigenvalue weighted by atomic mass is 10.1. The molecule has 0 aliphatic carbocycles. The molecule has 0 aliphatic rings. The van der Waals surface area contributed by atoms with Crippen LogP contribution in [0.3, 0.4) is 0 Å². The van der Waals surface area contributed by atoms with Gasteiger partial charge in [-0.2, -0.15) is 0 Å². The maximum atomic E-state index is 11.9. The first kappa shape index (κ1) is 14.1. The number of nitrogens with zero attached hydrogens (tertiary/aromatic N) is 2. The quantitative estimate of drug-likeness (QED) is 0.649. The van der Waals surface area contributed by atoms with E-state index in [2.05, 4.69) is 15.3 Å². The largest absolute Gasteiger partial charge is 0.367 e. The minimum Gasteiger partial charge on any atom is -0.367 e. The van der Waals surface area contributed by atoms with Crippen LogP contribution in [0.4, 0.5) is 0 Å². The fourth-order valence-corrected chi connectivity index (χ4v) is 1.58. The van der Waals surface area contributed by atoms with Crippen molar-refractivity contribution in [3.63, 3.8) is 0 Å². The molecule has 2 N–H and O–H groups in total. The predicted molar refractivity (Wildman–Crippen MR) is 71.3 cm³/mol. The monoisotopic (exact) mass is 291 g/mol. The van der Waals surface area contributed by atoms with Crippen LogP contribution < -0.4 is 5.32 Å². The van der Waals surface area contributed by atoms with E-state index < -0.39 is 17.9 Å². The summed E-state index contributed by atoms with van der Waals surface area (Å²) in [6.45, 7) is 0. The number of rotatable bonds is 4. The summed E-state index contributed by atoms with van der Waals surface area (Å²) < 4.78 is 0. The zero-order chi connectivity index (χ0) is 14.5. The van der Waals surface area contributed by atoms with Crippen LogP contribution >= 0.6 is 11.6 Å². The average molecular weight is 292 g/mol. The smallest absolute Gasteiger partial charge is 0.273 e. The van der Waals surface area contributed by atoms with Gasteiger partial charge in [-0.05, 0) is 24.3 Å². The maximum absolute atomic E-state index is 11.9. The standard InChI is InChI=1S/C13H10ClN3O3/c14-9-3-1-8(2-4-9)11(18)13(20)17-12(19)10-7-15-5-6-16-10/h1-7,13,20H,(H,17,19). The van der Waals surface area contributed by atoms with Crippen LogP contribution in [0.2, 0.25) is 5.02 Å². The molecule has 0 spiro atoms. The van der Waals surface area contributed by atoms with E-state index in [4.69, 9.17) is 11.6 Å². The zero-order valence-electron chi connectivity index (χ0n) is 10.2. The van der Waals surface area contributed by atoms with Crippen molar-refractivity contribution in [1.82, 2.24) is 15.3 Å². The van der Waals surface area contributed by atoms with Gasteiger partial charge in [0.25, 0.3) is 5.91 Å². The van der Waals surface area contributed by atoms with Crippen LogP contribution in [0.1, 0.15) is 20.8 Å². The highest BCUT2D eigenvalue weighted by molar-refractivity contribution is 6.30. The highest BCUT2D eigenvalue weighted by atomic mass is 35.5. The Kier molecular flexibility index (Phi) is 4.39. The van der Waals surface area contributed by atoms with E-state index in [0.29, 0.717) is 5.02 Å². The fraction of sp³-hybridized carbons (Fsp3) is 0.0769. The minimum atomic E-state index is -1.66. The van der Waals surface area contributed by atoms with Gasteiger partial charge in [0.1, 0.15) is 5.69 Å². The lowest BCUT2D eigenvalue weighted by molar-refractivity contribution is 0.0605. The van der Waals surface area contributed by atoms with Crippen molar-refractivity contribution in [2.75, 3.05) is 0 Å². The first-order valence-electron chi connectivity index (χ1n) is 5.62. The van der Waals surface area contributed by atoms with Crippen LogP contribution in [0, 0.1) is 0 Å². The summed E-state index contributed by atoms with van der Waals surface area (Å²) in [7, 11) is 0. The van der Waals surface area contributed by atoms with Gasteiger partial charge in [0.2, 0.25) is 5.78 Å². The Morgan fingerprint density at radius 2 is 1.90 bits per heavy atom. The molecule has 0 bridgehead atoms. The molecule has 0 saturated carbocycles. The Hall–Kier alpha value is -2.31. The van der Waals surface area contributed by atoms with Crippen LogP contribution in [0.15, 0.2) is 42.9 Å². The molecule has 0 aliphatic heterocycles. The van der Waals surface area contributed by atoms with Crippen molar-refractivity contribution in [1.29, 1.82) is 0 Å². The molecule has 1 aromatic heterocycles. The molecular formula is C13H10ClN3O3. The Morgan fingerprint density at radius 3 is 2.50 bits per heavy atom. The molecule has 20 heavy (non-hydrogen) atoms. The van der Waals surface area contributed by atoms with Crippen LogP contribution in [-0.4, -0.2) is 33.0 Å². The molecule has 1 atom stereocenters. The number of carbonyl (C=O) groups excluding carboxylic acids is 2. The summed E-state index contributed by atoms with van der Waals surface area (Å²) in [6, 6.07) is 5.96. The fourth-order valence-electron chi connectivity index (χ4n) is 1.45. The number of amides is 1. The van der Waals surface area contributed by atoms with E-state index in [1.165, 1.54) is 42.9 Å². The summed E-state index contributed by atoms with van der Waals surface area (Å²) in [6.07, 6.45) is 2.31. The number of aliphatic hydroxyl groups excluding tert-OH is 1. The molecule has 2 rings (SSSR count). The molecule has 0 saturated heterocycles. The Labute approximate surface area is 119 Å². The van der Waals surface area contributed by atoms with Crippen molar-refractivity contribution in [3.8, 4) is 0 Å². The second-order valence-electron chi connectivity index (χ2n) is 3.84. The molecule has 7 heteroatoms. The molecule has 2 aromatic rings. The van der Waals surface area contributed by atoms with Crippen LogP contribution in [-0.2, 0) is 0 Å². The van der Waals surface area contributed by atoms with Crippen molar-refractivity contribution in [3.05, 3.63) is 59.1 Å². The van der Waals surface area contributed by atoms with Gasteiger partial charge in [0, 0.05) is 23.0 Å². The van der Waals surface area contributed by atoms with Gasteiger partial charge < -0.3 is 10.4 Å². The number of hydrogen-bond acceptors (Lipinski definition) is 5. The highest BCUT2D eigenvalue weighted by Crippen LogP contribution is 2.10. The number of benzene rings is 1. The van der Waals surface area contributed by atoms with Crippen LogP contribution in [0.25, 0.3) is 0 Å². The number of aliphatic hydroxyl groups is 1. The van der Waals surface area contributed by atoms with E-state index in [1.807, 2.05) is 0 Å². The van der Waals surface area contributed by atoms with Gasteiger partial charge in [-0.3, -0.25) is 14.6 Å². The van der Waals surface area contributed by atoms with Crippen molar-refractivity contribution >= 4 is 23.3 Å². The summed E-state index contributed by atoms with van der Waals surface area (Å²) in [5.41, 5.74) is 0.247. The second kappa shape index (κ2) is 6.23. The third-order valence-electron chi connectivity index (χ3n) is 2.44. The topological polar surface area (TPSA) is 92.2 Å². The number of halogens is 1. The third-order valence-corrected chi connectivity index (χ3v) is 2.69. The number of ketones is 1. The number of Topliss-reactive ketones (excluding diaryl/α,β-unsaturated/α-hetero) is 1. The van der Waals surface area contributed by atoms with Crippen molar-refractivity contribution in [2.45, 2.75) is 6.23 Å². The van der Waals surface area contributed by atoms with Gasteiger partial charge in [-0.15, -0.1) is 0 Å². The molecule has 0 fully saturated rings. The summed E-state index contributed by atoms with van der Waals surface area (Å²) in [5, 5.41) is 12.3. The maximum Gasteiger partial charge on any atom is 0.273 e. The lowest BCUT2D eigenvalue weighted by Crippen LogP contribution is -2.41. The van der Waals surface area contributed by atoms with Crippen molar-refractivity contribution in [2.24, 2.45) is 0 Å². The third kappa shape index (κ3) is 3.37. The van der Waals surface area contributed by atoms with Crippen molar-refractivity contribution < 1.29 is 14.7 Å². The number of nitrogens with one attached hydrogen (secondary N) is 1. The molecule has 1 amide bonds. The number of carbonyl (C=O) groups is 2. The molecule has 1 heterocycles. The van der Waals surface area contributed by atoms with Gasteiger partial charge >= 0.3 is 0 Å². The Balaban J connectivity index is 2.05. The predicted octanol–water partition coefficient (Wildman–Crippen LogP) is 1.06. The van der Waals surface area contributed by atoms with E-state index in [-0.39, 0.29) is 11.3 Å². The molecule has 1 unspecified atom stereocenters. The van der Waals surface area contributed by atoms with E-state index in [1.54, 1.807) is 0 Å². The minimum absolute atomic E-state index is 0.00968. The van der Waals surface area contributed by atoms with Gasteiger partial charge in [0.05, 0.1) is 6.20 Å². The molecule has 1 aromatic carbocycles. The van der Waals surface area contributed by atoms with Crippen LogP contribution in [0.5, 0.6) is 0 Å². The SMILES string of the molecule is O=C(NC(O)C(=O)c1ccc(Cl)cc1)c1cnccn1. The molecular weight excluding hydrogens is 282 g/mol. The summed E-state index contributed by atoms with van der Waals surface area (Å²) in [5.74, 6) is -1.33. The first-order chi connectivity index (χ1) is 9.58. The molecule has 6 nitrogen and oxygen atoms in total. The van der Waals surface area contributed by atoms with Gasteiger partial charge in [-0.25, -0.2) is 4.98 Å². The Morgan fingerprint density at radius 1 is 1.20 bits per heavy atom. The zero-order valence-corrected chi connectivity index (χ0v) is 10.9. The number of hydrogen-bond donors (Lipinski definition) is 2. The van der Waals surface area contributed by atoms with E-state index in [9.17, 15) is 14.7 Å². The van der Waals surface area contributed by atoms with Gasteiger partial charge in [0.15, 0.2) is 6.23 Å². The molecule has 0 radical (unpaired) electrons. The van der Waals surface area contributed by atoms with E-state index >= 15 is 0 Å². The lowest BCUT2D eigenvalue weighted by Gasteiger charge is -2.11. The highest BCUT2D eigenvalue weighted by Gasteiger charge is 2.20.